The predicted octanol–water partition coefficient (Wildman–Crippen LogP) is 6.83. The average Bonchev–Trinajstić information content (AvgIpc) is 3.68. The molecule has 6 rings (SSSR count). The fourth-order valence-electron chi connectivity index (χ4n) is 13.2. The molecule has 0 radical (unpaired) electrons. The van der Waals surface area contributed by atoms with Gasteiger partial charge in [-0.05, 0) is 111 Å². The van der Waals surface area contributed by atoms with E-state index in [1.165, 1.54) is 5.57 Å². The summed E-state index contributed by atoms with van der Waals surface area (Å²) >= 11 is 0. The van der Waals surface area contributed by atoms with E-state index < -0.39 is 16.9 Å². The molecule has 1 heterocycles. The molecule has 4 fully saturated rings. The molecular weight excluding hydrogens is 709 g/mol. The highest BCUT2D eigenvalue weighted by atomic mass is 16.5. The van der Waals surface area contributed by atoms with Gasteiger partial charge in [0.05, 0.1) is 19.1 Å². The minimum Gasteiger partial charge on any atom is -0.462 e. The molecule has 5 aliphatic rings. The Hall–Kier alpha value is -2.47. The van der Waals surface area contributed by atoms with E-state index in [0.717, 1.165) is 83.4 Å². The number of fused-ring (bicyclic) bond motifs is 7. The summed E-state index contributed by atoms with van der Waals surface area (Å²) in [4.78, 5) is 43.2. The lowest BCUT2D eigenvalue weighted by Gasteiger charge is -2.69. The molecule has 0 saturated heterocycles. The quantitative estimate of drug-likeness (QED) is 0.160. The van der Waals surface area contributed by atoms with Gasteiger partial charge in [-0.3, -0.25) is 14.5 Å². The normalized spacial score (nSPS) is 34.3. The topological polar surface area (TPSA) is 146 Å². The van der Waals surface area contributed by atoms with Crippen molar-refractivity contribution in [3.63, 3.8) is 0 Å². The molecule has 8 unspecified atom stereocenters. The Morgan fingerprint density at radius 2 is 1.66 bits per heavy atom. The zero-order valence-corrected chi connectivity index (χ0v) is 36.7. The number of aliphatic hydroxyl groups excluding tert-OH is 2. The van der Waals surface area contributed by atoms with Crippen LogP contribution in [0.15, 0.2) is 15.6 Å². The van der Waals surface area contributed by atoms with E-state index in [9.17, 15) is 19.5 Å². The maximum absolute atomic E-state index is 14.2. The van der Waals surface area contributed by atoms with Crippen LogP contribution in [0.3, 0.4) is 0 Å². The van der Waals surface area contributed by atoms with E-state index in [1.54, 1.807) is 20.8 Å². The minimum absolute atomic E-state index is 0.105. The first kappa shape index (κ1) is 44.6. The number of aldehydes is 1. The van der Waals surface area contributed by atoms with Gasteiger partial charge < -0.3 is 29.1 Å². The molecule has 1 aromatic heterocycles. The van der Waals surface area contributed by atoms with Crippen molar-refractivity contribution >= 4 is 18.0 Å². The Bertz CT molecular complexity index is 1620. The smallest absolute Gasteiger partial charge is 0.307 e. The number of aliphatic hydroxyl groups is 2. The van der Waals surface area contributed by atoms with Crippen LogP contribution in [0.5, 0.6) is 0 Å². The van der Waals surface area contributed by atoms with Crippen molar-refractivity contribution in [1.29, 1.82) is 0 Å². The molecule has 1 aromatic rings. The summed E-state index contributed by atoms with van der Waals surface area (Å²) in [6, 6.07) is 0. The first-order valence-corrected chi connectivity index (χ1v) is 21.4. The maximum Gasteiger partial charge on any atom is 0.307 e. The van der Waals surface area contributed by atoms with Gasteiger partial charge in [0.15, 0.2) is 5.78 Å². The van der Waals surface area contributed by atoms with Gasteiger partial charge in [-0.1, -0.05) is 61.0 Å². The van der Waals surface area contributed by atoms with Gasteiger partial charge in [0.2, 0.25) is 11.8 Å². The second-order valence-corrected chi connectivity index (χ2v) is 20.6. The number of nitrogens with zero attached hydrogens (tertiary/aromatic N) is 4. The molecule has 0 spiro atoms. The van der Waals surface area contributed by atoms with E-state index in [2.05, 4.69) is 75.6 Å². The molecule has 0 bridgehead atoms. The molecule has 11 nitrogen and oxygen atoms in total. The van der Waals surface area contributed by atoms with Crippen molar-refractivity contribution < 1.29 is 33.8 Å². The van der Waals surface area contributed by atoms with Gasteiger partial charge in [-0.25, -0.2) is 0 Å². The maximum atomic E-state index is 14.2. The number of aromatic nitrogens is 2. The summed E-state index contributed by atoms with van der Waals surface area (Å²) in [6.45, 7) is 21.9. The van der Waals surface area contributed by atoms with Crippen LogP contribution in [-0.2, 0) is 25.7 Å². The van der Waals surface area contributed by atoms with Gasteiger partial charge in [0.25, 0.3) is 0 Å². The summed E-state index contributed by atoms with van der Waals surface area (Å²) in [5.41, 5.74) is 1.08. The second kappa shape index (κ2) is 16.6. The van der Waals surface area contributed by atoms with Crippen molar-refractivity contribution in [1.82, 2.24) is 20.0 Å². The molecular formula is C45H74N4O7. The number of aryl methyl sites for hydroxylation is 1. The molecule has 316 valence electrons. The van der Waals surface area contributed by atoms with Crippen molar-refractivity contribution in [2.24, 2.45) is 56.7 Å². The van der Waals surface area contributed by atoms with Crippen LogP contribution in [0.25, 0.3) is 0 Å². The average molecular weight is 783 g/mol. The molecule has 11 heteroatoms. The number of rotatable bonds is 13. The lowest BCUT2D eigenvalue weighted by molar-refractivity contribution is -0.214. The highest BCUT2D eigenvalue weighted by molar-refractivity contribution is 6.00. The molecule has 0 aromatic carbocycles. The lowest BCUT2D eigenvalue weighted by Crippen LogP contribution is -2.63. The molecule has 5 aliphatic carbocycles. The number of allylic oxidation sites excluding steroid dienone is 1. The fraction of sp³-hybridized carbons (Fsp3) is 0.844. The third kappa shape index (κ3) is 8.09. The summed E-state index contributed by atoms with van der Waals surface area (Å²) in [6.07, 6.45) is 8.61. The SMILES string of the molecule is CO.Cc1nnc(CN(CCN(C)C)C[C@H](O)C23CCC4C(CCC5C4(C)CCC4C(C)(C)C(OC(=O)CC(C)(C)C=O)CCC45C)C2=C(C(C)C)C(=O)C3)o1. The number of ketones is 1. The van der Waals surface area contributed by atoms with Gasteiger partial charge in [-0.15, -0.1) is 10.2 Å². The van der Waals surface area contributed by atoms with Crippen LogP contribution in [0.1, 0.15) is 131 Å². The number of esters is 1. The van der Waals surface area contributed by atoms with Crippen molar-refractivity contribution in [2.75, 3.05) is 40.8 Å². The Morgan fingerprint density at radius 3 is 2.27 bits per heavy atom. The van der Waals surface area contributed by atoms with Crippen molar-refractivity contribution in [3.05, 3.63) is 22.9 Å². The van der Waals surface area contributed by atoms with Crippen LogP contribution in [0, 0.1) is 63.6 Å². The number of carbonyl (C=O) groups excluding carboxylic acids is 3. The summed E-state index contributed by atoms with van der Waals surface area (Å²) < 4.78 is 12.0. The number of carbonyl (C=O) groups is 3. The van der Waals surface area contributed by atoms with E-state index in [-0.39, 0.29) is 46.4 Å². The molecule has 4 saturated carbocycles. The lowest BCUT2D eigenvalue weighted by atomic mass is 9.36. The third-order valence-electron chi connectivity index (χ3n) is 15.6. The molecule has 56 heavy (non-hydrogen) atoms. The van der Waals surface area contributed by atoms with Gasteiger partial charge >= 0.3 is 5.97 Å². The third-order valence-corrected chi connectivity index (χ3v) is 15.6. The number of hydrogen-bond acceptors (Lipinski definition) is 11. The standard InChI is InChI=1S/C44H70N4O6.CH4O/c1-27(2)38-31(50)22-44(34(51)24-48(21-20-47(10)11)25-36-46-45-28(3)53-36)19-14-30-29(39(38)44)12-13-33-42(30,8)17-15-32-41(6,7)35(16-18-43(32,33)9)54-37(52)23-40(4,5)26-49;1-2/h26-27,29-30,32-35,51H,12-25H2,1-11H3;2H,1H3/t29?,30?,32?,33?,34-,35?,42?,43?,44?;/m0./s1. The largest absolute Gasteiger partial charge is 0.462 e. The van der Waals surface area contributed by atoms with E-state index in [4.69, 9.17) is 14.3 Å². The number of ether oxygens (including phenoxy) is 1. The fourth-order valence-corrected chi connectivity index (χ4v) is 13.2. The zero-order chi connectivity index (χ0) is 41.6. The number of hydrogen-bond donors (Lipinski definition) is 2. The van der Waals surface area contributed by atoms with Crippen LogP contribution >= 0.6 is 0 Å². The molecule has 0 amide bonds. The minimum atomic E-state index is -0.724. The molecule has 0 aliphatic heterocycles. The van der Waals surface area contributed by atoms with Crippen LogP contribution in [-0.4, -0.2) is 101 Å². The van der Waals surface area contributed by atoms with Gasteiger partial charge in [-0.2, -0.15) is 0 Å². The Labute approximate surface area is 336 Å². The summed E-state index contributed by atoms with van der Waals surface area (Å²) in [7, 11) is 5.11. The summed E-state index contributed by atoms with van der Waals surface area (Å²) in [5, 5.41) is 27.8. The van der Waals surface area contributed by atoms with E-state index in [0.29, 0.717) is 55.0 Å². The first-order chi connectivity index (χ1) is 26.2. The second-order valence-electron chi connectivity index (χ2n) is 20.6. The Kier molecular flexibility index (Phi) is 13.3. The van der Waals surface area contributed by atoms with Gasteiger partial charge in [0.1, 0.15) is 12.4 Å². The van der Waals surface area contributed by atoms with Crippen LogP contribution in [0.4, 0.5) is 0 Å². The zero-order valence-electron chi connectivity index (χ0n) is 36.7. The van der Waals surface area contributed by atoms with Gasteiger partial charge in [0, 0.05) is 56.3 Å². The number of likely N-dealkylation sites (N-methyl/N-ethyl adjacent to an activating group) is 1. The Morgan fingerprint density at radius 1 is 0.982 bits per heavy atom. The first-order valence-electron chi connectivity index (χ1n) is 21.4. The highest BCUT2D eigenvalue weighted by Crippen LogP contribution is 2.73. The summed E-state index contributed by atoms with van der Waals surface area (Å²) in [5.74, 6) is 2.87. The van der Waals surface area contributed by atoms with Crippen molar-refractivity contribution in [2.45, 2.75) is 145 Å². The molecule has 9 atom stereocenters. The highest BCUT2D eigenvalue weighted by Gasteiger charge is 2.67. The van der Waals surface area contributed by atoms with E-state index in [1.807, 2.05) is 0 Å². The number of Topliss-reactive ketones (excluding diaryl/α,β-unsaturated/α-hetero) is 1. The Balaban J connectivity index is 0.00000295. The van der Waals surface area contributed by atoms with E-state index >= 15 is 0 Å². The molecule has 2 N–H and O–H groups in total. The van der Waals surface area contributed by atoms with Crippen LogP contribution in [0.2, 0.25) is 0 Å². The predicted molar refractivity (Wildman–Crippen MR) is 216 cm³/mol. The van der Waals surface area contributed by atoms with Crippen molar-refractivity contribution in [3.8, 4) is 0 Å². The van der Waals surface area contributed by atoms with Crippen LogP contribution < -0.4 is 0 Å². The monoisotopic (exact) mass is 783 g/mol.